The second-order valence-electron chi connectivity index (χ2n) is 4.53. The molecule has 0 bridgehead atoms. The Morgan fingerprint density at radius 3 is 2.05 bits per heavy atom. The van der Waals surface area contributed by atoms with Crippen molar-refractivity contribution in [3.05, 3.63) is 63.0 Å². The van der Waals surface area contributed by atoms with Crippen LogP contribution in [0.4, 0.5) is 0 Å². The molecule has 0 spiro atoms. The SMILES string of the molecule is O=C(O)C(CCOc1ccc(Br)cc1)c1ccc(Br)cc1. The maximum atomic E-state index is 11.4. The average molecular weight is 414 g/mol. The number of rotatable bonds is 6. The number of carbonyl (C=O) groups is 1. The minimum Gasteiger partial charge on any atom is -0.494 e. The number of hydrogen-bond acceptors (Lipinski definition) is 2. The van der Waals surface area contributed by atoms with E-state index in [1.165, 1.54) is 0 Å². The average Bonchev–Trinajstić information content (AvgIpc) is 2.46. The highest BCUT2D eigenvalue weighted by Crippen LogP contribution is 2.23. The monoisotopic (exact) mass is 412 g/mol. The van der Waals surface area contributed by atoms with Gasteiger partial charge in [0.2, 0.25) is 0 Å². The number of carboxylic acids is 1. The molecule has 0 heterocycles. The number of ether oxygens (including phenoxy) is 1. The first-order chi connectivity index (χ1) is 10.1. The van der Waals surface area contributed by atoms with Crippen molar-refractivity contribution in [1.29, 1.82) is 0 Å². The lowest BCUT2D eigenvalue weighted by molar-refractivity contribution is -0.139. The van der Waals surface area contributed by atoms with Crippen LogP contribution < -0.4 is 4.74 Å². The number of aliphatic carboxylic acids is 1. The molecule has 0 aliphatic rings. The topological polar surface area (TPSA) is 46.5 Å². The van der Waals surface area contributed by atoms with E-state index in [9.17, 15) is 9.90 Å². The summed E-state index contributed by atoms with van der Waals surface area (Å²) >= 11 is 6.70. The molecule has 0 saturated carbocycles. The molecule has 0 aliphatic carbocycles. The maximum Gasteiger partial charge on any atom is 0.311 e. The fourth-order valence-electron chi connectivity index (χ4n) is 1.95. The second-order valence-corrected chi connectivity index (χ2v) is 6.36. The largest absolute Gasteiger partial charge is 0.494 e. The van der Waals surface area contributed by atoms with Crippen LogP contribution in [0.2, 0.25) is 0 Å². The van der Waals surface area contributed by atoms with Crippen molar-refractivity contribution in [2.45, 2.75) is 12.3 Å². The Morgan fingerprint density at radius 2 is 1.52 bits per heavy atom. The smallest absolute Gasteiger partial charge is 0.311 e. The molecule has 2 rings (SSSR count). The van der Waals surface area contributed by atoms with Crippen LogP contribution in [0.25, 0.3) is 0 Å². The van der Waals surface area contributed by atoms with Crippen LogP contribution in [-0.4, -0.2) is 17.7 Å². The van der Waals surface area contributed by atoms with Crippen molar-refractivity contribution in [3.8, 4) is 5.75 Å². The molecule has 110 valence electrons. The molecule has 1 N–H and O–H groups in total. The van der Waals surface area contributed by atoms with Crippen LogP contribution in [0.3, 0.4) is 0 Å². The van der Waals surface area contributed by atoms with E-state index in [2.05, 4.69) is 31.9 Å². The van der Waals surface area contributed by atoms with Gasteiger partial charge in [0.15, 0.2) is 0 Å². The van der Waals surface area contributed by atoms with Gasteiger partial charge in [0.1, 0.15) is 5.75 Å². The standard InChI is InChI=1S/C16H14Br2O3/c17-12-3-1-11(2-4-12)15(16(19)20)9-10-21-14-7-5-13(18)6-8-14/h1-8,15H,9-10H2,(H,19,20). The molecule has 0 fully saturated rings. The lowest BCUT2D eigenvalue weighted by Crippen LogP contribution is -2.15. The molecule has 1 unspecified atom stereocenters. The van der Waals surface area contributed by atoms with Crippen molar-refractivity contribution >= 4 is 37.8 Å². The van der Waals surface area contributed by atoms with E-state index in [0.29, 0.717) is 13.0 Å². The van der Waals surface area contributed by atoms with Crippen LogP contribution in [0.5, 0.6) is 5.75 Å². The summed E-state index contributed by atoms with van der Waals surface area (Å²) < 4.78 is 7.51. The predicted octanol–water partition coefficient (Wildman–Crippen LogP) is 4.85. The Hall–Kier alpha value is -1.33. The molecule has 0 radical (unpaired) electrons. The van der Waals surface area contributed by atoms with Crippen LogP contribution in [-0.2, 0) is 4.79 Å². The highest BCUT2D eigenvalue weighted by Gasteiger charge is 2.19. The summed E-state index contributed by atoms with van der Waals surface area (Å²) in [6, 6.07) is 14.8. The molecule has 1 atom stereocenters. The minimum atomic E-state index is -0.836. The number of hydrogen-bond donors (Lipinski definition) is 1. The zero-order valence-corrected chi connectivity index (χ0v) is 14.3. The quantitative estimate of drug-likeness (QED) is 0.736. The number of benzene rings is 2. The van der Waals surface area contributed by atoms with Gasteiger partial charge >= 0.3 is 5.97 Å². The molecule has 0 aliphatic heterocycles. The van der Waals surface area contributed by atoms with Gasteiger partial charge in [0.05, 0.1) is 12.5 Å². The Morgan fingerprint density at radius 1 is 1.00 bits per heavy atom. The first-order valence-electron chi connectivity index (χ1n) is 6.43. The van der Waals surface area contributed by atoms with Crippen LogP contribution in [0.1, 0.15) is 17.9 Å². The summed E-state index contributed by atoms with van der Waals surface area (Å²) in [5.74, 6) is -0.663. The van der Waals surface area contributed by atoms with E-state index in [1.54, 1.807) is 0 Å². The number of halogens is 2. The molecular weight excluding hydrogens is 400 g/mol. The molecule has 2 aromatic carbocycles. The zero-order chi connectivity index (χ0) is 15.2. The predicted molar refractivity (Wildman–Crippen MR) is 88.8 cm³/mol. The summed E-state index contributed by atoms with van der Waals surface area (Å²) in [6.07, 6.45) is 0.424. The Kier molecular flexibility index (Phi) is 5.82. The van der Waals surface area contributed by atoms with Crippen molar-refractivity contribution in [3.63, 3.8) is 0 Å². The summed E-state index contributed by atoms with van der Waals surface area (Å²) in [5, 5.41) is 9.36. The van der Waals surface area contributed by atoms with E-state index < -0.39 is 11.9 Å². The highest BCUT2D eigenvalue weighted by atomic mass is 79.9. The van der Waals surface area contributed by atoms with Crippen molar-refractivity contribution < 1.29 is 14.6 Å². The fourth-order valence-corrected chi connectivity index (χ4v) is 2.48. The van der Waals surface area contributed by atoms with Crippen LogP contribution in [0.15, 0.2) is 57.5 Å². The Bertz CT molecular complexity index is 594. The molecule has 0 saturated heterocycles. The zero-order valence-electron chi connectivity index (χ0n) is 11.1. The third-order valence-electron chi connectivity index (χ3n) is 3.06. The normalized spacial score (nSPS) is 11.9. The molecule has 5 heteroatoms. The maximum absolute atomic E-state index is 11.4. The summed E-state index contributed by atoms with van der Waals surface area (Å²) in [5.41, 5.74) is 0.783. The summed E-state index contributed by atoms with van der Waals surface area (Å²) in [6.45, 7) is 0.356. The van der Waals surface area contributed by atoms with E-state index in [1.807, 2.05) is 48.5 Å². The Balaban J connectivity index is 1.96. The van der Waals surface area contributed by atoms with Gasteiger partial charge in [0.25, 0.3) is 0 Å². The highest BCUT2D eigenvalue weighted by molar-refractivity contribution is 9.10. The second kappa shape index (κ2) is 7.61. The van der Waals surface area contributed by atoms with Crippen molar-refractivity contribution in [2.24, 2.45) is 0 Å². The lowest BCUT2D eigenvalue weighted by Gasteiger charge is -2.13. The number of carboxylic acid groups (broad SMARTS) is 1. The molecule has 0 aromatic heterocycles. The summed E-state index contributed by atoms with van der Waals surface area (Å²) in [7, 11) is 0. The first-order valence-corrected chi connectivity index (χ1v) is 8.01. The van der Waals surface area contributed by atoms with Gasteiger partial charge in [-0.2, -0.15) is 0 Å². The molecule has 21 heavy (non-hydrogen) atoms. The van der Waals surface area contributed by atoms with Crippen LogP contribution in [0, 0.1) is 0 Å². The third-order valence-corrected chi connectivity index (χ3v) is 4.12. The summed E-state index contributed by atoms with van der Waals surface area (Å²) in [4.78, 5) is 11.4. The van der Waals surface area contributed by atoms with Gasteiger partial charge in [-0.3, -0.25) is 4.79 Å². The van der Waals surface area contributed by atoms with E-state index in [-0.39, 0.29) is 0 Å². The van der Waals surface area contributed by atoms with Gasteiger partial charge in [-0.15, -0.1) is 0 Å². The van der Waals surface area contributed by atoms with Crippen molar-refractivity contribution in [1.82, 2.24) is 0 Å². The minimum absolute atomic E-state index is 0.356. The van der Waals surface area contributed by atoms with Gasteiger partial charge in [-0.25, -0.2) is 0 Å². The van der Waals surface area contributed by atoms with Gasteiger partial charge in [-0.1, -0.05) is 44.0 Å². The van der Waals surface area contributed by atoms with Crippen LogP contribution >= 0.6 is 31.9 Å². The van der Waals surface area contributed by atoms with E-state index >= 15 is 0 Å². The fraction of sp³-hybridized carbons (Fsp3) is 0.188. The van der Waals surface area contributed by atoms with Gasteiger partial charge < -0.3 is 9.84 Å². The van der Waals surface area contributed by atoms with E-state index in [4.69, 9.17) is 4.74 Å². The molecule has 3 nitrogen and oxygen atoms in total. The molecule has 2 aromatic rings. The van der Waals surface area contributed by atoms with Crippen molar-refractivity contribution in [2.75, 3.05) is 6.61 Å². The Labute approximate surface area is 140 Å². The van der Waals surface area contributed by atoms with Gasteiger partial charge in [0, 0.05) is 8.95 Å². The first kappa shape index (κ1) is 16.0. The molecule has 0 amide bonds. The third kappa shape index (κ3) is 4.86. The molecular formula is C16H14Br2O3. The van der Waals surface area contributed by atoms with E-state index in [0.717, 1.165) is 20.3 Å². The van der Waals surface area contributed by atoms with Gasteiger partial charge in [-0.05, 0) is 48.4 Å². The lowest BCUT2D eigenvalue weighted by atomic mass is 9.96.